The number of para-hydroxylation sites is 4. The lowest BCUT2D eigenvalue weighted by Crippen LogP contribution is -2.06. The van der Waals surface area contributed by atoms with Gasteiger partial charge in [-0.1, -0.05) is 103 Å². The molecule has 10 aromatic rings. The van der Waals surface area contributed by atoms with E-state index in [1.54, 1.807) is 11.3 Å². The van der Waals surface area contributed by atoms with E-state index in [-0.39, 0.29) is 0 Å². The van der Waals surface area contributed by atoms with Crippen molar-refractivity contribution in [2.75, 3.05) is 0 Å². The summed E-state index contributed by atoms with van der Waals surface area (Å²) >= 11 is 1.78. The summed E-state index contributed by atoms with van der Waals surface area (Å²) in [6.45, 7) is 0. The molecular weight excluding hydrogens is 545 g/mol. The van der Waals surface area contributed by atoms with E-state index in [0.717, 1.165) is 38.1 Å². The Balaban J connectivity index is 1.45. The van der Waals surface area contributed by atoms with Crippen LogP contribution in [-0.2, 0) is 0 Å². The summed E-state index contributed by atoms with van der Waals surface area (Å²) in [5.74, 6) is 1.58. The highest BCUT2D eigenvalue weighted by Crippen LogP contribution is 2.43. The van der Waals surface area contributed by atoms with Gasteiger partial charge in [0.2, 0.25) is 5.95 Å². The maximum absolute atomic E-state index is 5.49. The fourth-order valence-corrected chi connectivity index (χ4v) is 8.06. The van der Waals surface area contributed by atoms with Gasteiger partial charge < -0.3 is 0 Å². The third kappa shape index (κ3) is 3.09. The van der Waals surface area contributed by atoms with Crippen molar-refractivity contribution in [2.45, 2.75) is 0 Å². The summed E-state index contributed by atoms with van der Waals surface area (Å²) in [4.78, 5) is 10.9. The number of fused-ring (bicyclic) bond motifs is 11. The number of nitrogens with zero attached hydrogens (tertiary/aromatic N) is 4. The van der Waals surface area contributed by atoms with Gasteiger partial charge in [0.25, 0.3) is 0 Å². The lowest BCUT2D eigenvalue weighted by atomic mass is 10.1. The minimum absolute atomic E-state index is 0.675. The molecule has 4 heterocycles. The van der Waals surface area contributed by atoms with Crippen molar-refractivity contribution in [1.29, 1.82) is 0 Å². The van der Waals surface area contributed by atoms with Gasteiger partial charge in [0.1, 0.15) is 0 Å². The van der Waals surface area contributed by atoms with Gasteiger partial charge in [-0.25, -0.2) is 4.98 Å². The topological polar surface area (TPSA) is 35.6 Å². The van der Waals surface area contributed by atoms with Crippen molar-refractivity contribution in [3.05, 3.63) is 133 Å². The van der Waals surface area contributed by atoms with E-state index in [1.165, 1.54) is 42.4 Å². The van der Waals surface area contributed by atoms with E-state index < -0.39 is 0 Å². The average Bonchev–Trinajstić information content (AvgIpc) is 3.72. The van der Waals surface area contributed by atoms with Crippen LogP contribution in [0.3, 0.4) is 0 Å². The Morgan fingerprint density at radius 1 is 0.442 bits per heavy atom. The molecule has 4 aromatic heterocycles. The van der Waals surface area contributed by atoms with Crippen LogP contribution < -0.4 is 0 Å². The molecule has 0 amide bonds. The highest BCUT2D eigenvalue weighted by atomic mass is 32.1. The lowest BCUT2D eigenvalue weighted by Gasteiger charge is -2.12. The number of rotatable bonds is 2. The van der Waals surface area contributed by atoms with Gasteiger partial charge in [-0.05, 0) is 41.1 Å². The number of benzene rings is 6. The minimum Gasteiger partial charge on any atom is -0.292 e. The van der Waals surface area contributed by atoms with Crippen molar-refractivity contribution in [3.8, 4) is 11.8 Å². The minimum atomic E-state index is 0.675. The van der Waals surface area contributed by atoms with Gasteiger partial charge >= 0.3 is 0 Å². The molecule has 0 aliphatic carbocycles. The smallest absolute Gasteiger partial charge is 0.237 e. The van der Waals surface area contributed by atoms with E-state index >= 15 is 0 Å². The Kier molecular flexibility index (Phi) is 4.57. The predicted octanol–water partition coefficient (Wildman–Crippen LogP) is 10.2. The summed E-state index contributed by atoms with van der Waals surface area (Å²) in [5.41, 5.74) is 5.46. The molecule has 0 N–H and O–H groups in total. The van der Waals surface area contributed by atoms with Crippen molar-refractivity contribution in [3.63, 3.8) is 0 Å². The number of aromatic nitrogens is 4. The highest BCUT2D eigenvalue weighted by Gasteiger charge is 2.23. The van der Waals surface area contributed by atoms with Crippen LogP contribution in [0.15, 0.2) is 133 Å². The Hall–Kier alpha value is -5.52. The van der Waals surface area contributed by atoms with Gasteiger partial charge in [-0.2, -0.15) is 4.98 Å². The molecule has 0 saturated heterocycles. The van der Waals surface area contributed by atoms with Crippen LogP contribution in [0.1, 0.15) is 0 Å². The fraction of sp³-hybridized carbons (Fsp3) is 0. The molecule has 0 aliphatic heterocycles. The first-order valence-electron chi connectivity index (χ1n) is 14.4. The van der Waals surface area contributed by atoms with Gasteiger partial charge in [0.15, 0.2) is 5.82 Å². The predicted molar refractivity (Wildman–Crippen MR) is 181 cm³/mol. The third-order valence-electron chi connectivity index (χ3n) is 8.75. The molecule has 200 valence electrons. The van der Waals surface area contributed by atoms with Gasteiger partial charge in [-0.15, -0.1) is 11.3 Å². The first-order chi connectivity index (χ1) is 21.3. The quantitative estimate of drug-likeness (QED) is 0.209. The van der Waals surface area contributed by atoms with Gasteiger partial charge in [-0.3, -0.25) is 9.13 Å². The van der Waals surface area contributed by atoms with Crippen LogP contribution in [-0.4, -0.2) is 19.1 Å². The average molecular weight is 567 g/mol. The van der Waals surface area contributed by atoms with Crippen LogP contribution in [0.5, 0.6) is 0 Å². The molecule has 6 aromatic carbocycles. The van der Waals surface area contributed by atoms with Crippen LogP contribution >= 0.6 is 11.3 Å². The Labute approximate surface area is 249 Å². The normalized spacial score (nSPS) is 12.2. The largest absolute Gasteiger partial charge is 0.292 e. The summed E-state index contributed by atoms with van der Waals surface area (Å²) in [6.07, 6.45) is 0. The molecule has 0 fully saturated rings. The van der Waals surface area contributed by atoms with Gasteiger partial charge in [0.05, 0.1) is 32.3 Å². The first-order valence-corrected chi connectivity index (χ1v) is 15.3. The maximum atomic E-state index is 5.49. The molecule has 0 spiro atoms. The summed E-state index contributed by atoms with van der Waals surface area (Å²) in [5, 5.41) is 8.44. The fourth-order valence-electron chi connectivity index (χ4n) is 6.92. The second-order valence-corrected chi connectivity index (χ2v) is 12.1. The molecule has 43 heavy (non-hydrogen) atoms. The molecule has 0 aliphatic rings. The van der Waals surface area contributed by atoms with Crippen molar-refractivity contribution in [1.82, 2.24) is 19.1 Å². The zero-order valence-corrected chi connectivity index (χ0v) is 23.7. The Bertz CT molecular complexity index is 2640. The maximum Gasteiger partial charge on any atom is 0.237 e. The highest BCUT2D eigenvalue weighted by molar-refractivity contribution is 7.26. The Morgan fingerprint density at radius 3 is 1.51 bits per heavy atom. The van der Waals surface area contributed by atoms with Crippen LogP contribution in [0.2, 0.25) is 0 Å². The SMILES string of the molecule is c1ccc2c(c1)ccc1sc3c(-n4c5ccccc5c5ccccc54)nc(-n4c5ccccc5c5ccccc54)nc3c12. The van der Waals surface area contributed by atoms with Crippen molar-refractivity contribution >= 4 is 86.0 Å². The zero-order valence-electron chi connectivity index (χ0n) is 22.9. The Morgan fingerprint density at radius 2 is 0.930 bits per heavy atom. The van der Waals surface area contributed by atoms with E-state index in [1.807, 2.05) is 0 Å². The molecule has 0 unspecified atom stereocenters. The first kappa shape index (κ1) is 23.1. The number of hydrogen-bond acceptors (Lipinski definition) is 3. The van der Waals surface area contributed by atoms with E-state index in [0.29, 0.717) is 5.95 Å². The van der Waals surface area contributed by atoms with Crippen LogP contribution in [0.25, 0.3) is 86.5 Å². The summed E-state index contributed by atoms with van der Waals surface area (Å²) in [7, 11) is 0. The summed E-state index contributed by atoms with van der Waals surface area (Å²) in [6, 6.07) is 47.5. The van der Waals surface area contributed by atoms with Crippen molar-refractivity contribution < 1.29 is 0 Å². The molecule has 0 saturated carbocycles. The monoisotopic (exact) mass is 566 g/mol. The third-order valence-corrected chi connectivity index (χ3v) is 9.89. The zero-order chi connectivity index (χ0) is 28.1. The molecule has 10 rings (SSSR count). The van der Waals surface area contributed by atoms with E-state index in [2.05, 4.69) is 143 Å². The van der Waals surface area contributed by atoms with Crippen molar-refractivity contribution in [2.24, 2.45) is 0 Å². The molecule has 0 bridgehead atoms. The van der Waals surface area contributed by atoms with Crippen LogP contribution in [0, 0.1) is 0 Å². The van der Waals surface area contributed by atoms with Gasteiger partial charge in [0, 0.05) is 31.6 Å². The number of thiophene rings is 1. The van der Waals surface area contributed by atoms with E-state index in [9.17, 15) is 0 Å². The molecular formula is C38H22N4S. The molecule has 0 atom stereocenters. The molecule has 4 nitrogen and oxygen atoms in total. The lowest BCUT2D eigenvalue weighted by molar-refractivity contribution is 0.976. The van der Waals surface area contributed by atoms with Crippen LogP contribution in [0.4, 0.5) is 0 Å². The van der Waals surface area contributed by atoms with E-state index in [4.69, 9.17) is 9.97 Å². The molecule has 0 radical (unpaired) electrons. The second kappa shape index (κ2) is 8.51. The molecule has 5 heteroatoms. The summed E-state index contributed by atoms with van der Waals surface area (Å²) < 4.78 is 6.87. The standard InChI is InChI=1S/C38H22N4S/c1-2-12-24-23(11-1)21-22-33-34(24)35-36(43-33)37(41-29-17-7-3-13-25(29)26-14-4-8-18-30(26)41)40-38(39-35)42-31-19-9-5-15-27(31)28-16-6-10-20-32(28)42/h1-22H. The number of hydrogen-bond donors (Lipinski definition) is 0. The second-order valence-electron chi connectivity index (χ2n) is 11.0.